The van der Waals surface area contributed by atoms with Crippen molar-refractivity contribution in [2.45, 2.75) is 34.1 Å². The molecular weight excluding hydrogens is 288 g/mol. The third kappa shape index (κ3) is 4.91. The van der Waals surface area contributed by atoms with Crippen LogP contribution < -0.4 is 0 Å². The van der Waals surface area contributed by atoms with Gasteiger partial charge in [-0.05, 0) is 47.6 Å². The highest BCUT2D eigenvalue weighted by Crippen LogP contribution is 2.27. The van der Waals surface area contributed by atoms with Crippen LogP contribution in [0.5, 0.6) is 0 Å². The number of benzene rings is 2. The van der Waals surface area contributed by atoms with Gasteiger partial charge in [0.1, 0.15) is 0 Å². The minimum atomic E-state index is 0.263. The maximum Gasteiger partial charge on any atom is 0.0406 e. The molecule has 0 aromatic heterocycles. The summed E-state index contributed by atoms with van der Waals surface area (Å²) in [5.41, 5.74) is 8.59. The van der Waals surface area contributed by atoms with Gasteiger partial charge in [0.05, 0.1) is 0 Å². The summed E-state index contributed by atoms with van der Waals surface area (Å²) in [6.07, 6.45) is 1.02. The molecule has 0 atom stereocenters. The summed E-state index contributed by atoms with van der Waals surface area (Å²) < 4.78 is 0. The molecule has 0 unspecified atom stereocenters. The minimum Gasteiger partial charge on any atom is -0.113 e. The van der Waals surface area contributed by atoms with Crippen molar-refractivity contribution >= 4 is 17.2 Å². The van der Waals surface area contributed by atoms with Crippen molar-refractivity contribution in [1.82, 2.24) is 0 Å². The minimum absolute atomic E-state index is 0.263. The molecule has 0 N–H and O–H groups in total. The molecule has 0 saturated carbocycles. The Morgan fingerprint density at radius 2 is 1.45 bits per heavy atom. The largest absolute Gasteiger partial charge is 0.113 e. The van der Waals surface area contributed by atoms with Gasteiger partial charge >= 0.3 is 0 Å². The van der Waals surface area contributed by atoms with Gasteiger partial charge in [0, 0.05) is 10.6 Å². The van der Waals surface area contributed by atoms with Gasteiger partial charge in [0.15, 0.2) is 0 Å². The van der Waals surface area contributed by atoms with E-state index in [1.54, 1.807) is 0 Å². The van der Waals surface area contributed by atoms with E-state index in [4.69, 9.17) is 11.6 Å². The van der Waals surface area contributed by atoms with Crippen molar-refractivity contribution in [3.8, 4) is 0 Å². The molecular formula is C21H23Cl. The highest BCUT2D eigenvalue weighted by molar-refractivity contribution is 6.30. The van der Waals surface area contributed by atoms with E-state index in [0.717, 1.165) is 22.6 Å². The second-order valence-corrected chi connectivity index (χ2v) is 7.33. The maximum absolute atomic E-state index is 6.02. The van der Waals surface area contributed by atoms with Gasteiger partial charge in [0.2, 0.25) is 0 Å². The van der Waals surface area contributed by atoms with Crippen LogP contribution in [0.15, 0.2) is 65.9 Å². The molecule has 0 radical (unpaired) electrons. The Hall–Kier alpha value is -1.75. The highest BCUT2D eigenvalue weighted by Gasteiger charge is 2.11. The Labute approximate surface area is 139 Å². The third-order valence-corrected chi connectivity index (χ3v) is 3.58. The summed E-state index contributed by atoms with van der Waals surface area (Å²) in [5.74, 6) is 0. The van der Waals surface area contributed by atoms with E-state index in [2.05, 4.69) is 69.8 Å². The molecule has 0 bridgehead atoms. The van der Waals surface area contributed by atoms with Crippen molar-refractivity contribution in [3.05, 3.63) is 82.1 Å². The van der Waals surface area contributed by atoms with Crippen LogP contribution in [0, 0.1) is 5.41 Å². The maximum atomic E-state index is 6.02. The summed E-state index contributed by atoms with van der Waals surface area (Å²) in [6.45, 7) is 8.91. The number of rotatable bonds is 3. The zero-order chi connectivity index (χ0) is 16.2. The molecule has 0 fully saturated rings. The van der Waals surface area contributed by atoms with E-state index in [-0.39, 0.29) is 5.41 Å². The van der Waals surface area contributed by atoms with Crippen LogP contribution >= 0.6 is 11.6 Å². The van der Waals surface area contributed by atoms with Crippen LogP contribution in [0.4, 0.5) is 0 Å². The van der Waals surface area contributed by atoms with Gasteiger partial charge in [-0.25, -0.2) is 0 Å². The topological polar surface area (TPSA) is 0 Å². The fourth-order valence-corrected chi connectivity index (χ4v) is 2.71. The van der Waals surface area contributed by atoms with Crippen LogP contribution in [0.1, 0.15) is 45.2 Å². The van der Waals surface area contributed by atoms with Gasteiger partial charge in [-0.3, -0.25) is 0 Å². The van der Waals surface area contributed by atoms with E-state index < -0.39 is 0 Å². The standard InChI is InChI=1S/C21H23Cl/c1-16(15-21(2,3)4)14-20(17-8-6-5-7-9-17)18-10-12-19(22)13-11-18/h5-13H,15H2,1-4H3. The Bertz CT molecular complexity index is 679. The van der Waals surface area contributed by atoms with Crippen LogP contribution in [-0.2, 0) is 0 Å². The molecule has 0 spiro atoms. The summed E-state index contributed by atoms with van der Waals surface area (Å²) in [6, 6.07) is 18.4. The molecule has 114 valence electrons. The fourth-order valence-electron chi connectivity index (χ4n) is 2.59. The molecule has 2 rings (SSSR count). The van der Waals surface area contributed by atoms with E-state index in [0.29, 0.717) is 0 Å². The molecule has 1 heteroatoms. The second-order valence-electron chi connectivity index (χ2n) is 6.89. The first-order valence-corrected chi connectivity index (χ1v) is 8.01. The van der Waals surface area contributed by atoms with Gasteiger partial charge in [0.25, 0.3) is 0 Å². The van der Waals surface area contributed by atoms with Crippen LogP contribution in [0.2, 0.25) is 5.02 Å². The molecule has 0 nitrogen and oxygen atoms in total. The lowest BCUT2D eigenvalue weighted by molar-refractivity contribution is 0.410. The number of hydrogen-bond acceptors (Lipinski definition) is 0. The average molecular weight is 311 g/mol. The third-order valence-electron chi connectivity index (χ3n) is 3.33. The number of hydrogen-bond donors (Lipinski definition) is 0. The molecule has 0 aliphatic carbocycles. The second kappa shape index (κ2) is 7.01. The first-order valence-electron chi connectivity index (χ1n) is 7.63. The Morgan fingerprint density at radius 1 is 0.909 bits per heavy atom. The van der Waals surface area contributed by atoms with E-state index >= 15 is 0 Å². The molecule has 2 aromatic carbocycles. The molecule has 0 aliphatic heterocycles. The molecule has 0 aliphatic rings. The number of halogens is 1. The van der Waals surface area contributed by atoms with Crippen molar-refractivity contribution in [3.63, 3.8) is 0 Å². The average Bonchev–Trinajstić information content (AvgIpc) is 2.45. The van der Waals surface area contributed by atoms with Crippen molar-refractivity contribution in [1.29, 1.82) is 0 Å². The summed E-state index contributed by atoms with van der Waals surface area (Å²) >= 11 is 6.02. The van der Waals surface area contributed by atoms with Gasteiger partial charge < -0.3 is 0 Å². The summed E-state index contributed by atoms with van der Waals surface area (Å²) in [4.78, 5) is 0. The highest BCUT2D eigenvalue weighted by atomic mass is 35.5. The first kappa shape index (κ1) is 16.6. The Morgan fingerprint density at radius 3 is 2.00 bits per heavy atom. The van der Waals surface area contributed by atoms with Gasteiger partial charge in [-0.2, -0.15) is 0 Å². The van der Waals surface area contributed by atoms with Crippen LogP contribution in [0.25, 0.3) is 5.57 Å². The van der Waals surface area contributed by atoms with Crippen molar-refractivity contribution in [2.24, 2.45) is 5.41 Å². The molecule has 0 amide bonds. The van der Waals surface area contributed by atoms with E-state index in [9.17, 15) is 0 Å². The Kier molecular flexibility index (Phi) is 5.29. The monoisotopic (exact) mass is 310 g/mol. The van der Waals surface area contributed by atoms with Crippen LogP contribution in [0.3, 0.4) is 0 Å². The predicted octanol–water partition coefficient (Wildman–Crippen LogP) is 6.75. The van der Waals surface area contributed by atoms with Crippen LogP contribution in [-0.4, -0.2) is 0 Å². The lowest BCUT2D eigenvalue weighted by Crippen LogP contribution is -2.04. The van der Waals surface area contributed by atoms with Crippen molar-refractivity contribution in [2.75, 3.05) is 0 Å². The first-order chi connectivity index (χ1) is 10.3. The molecule has 22 heavy (non-hydrogen) atoms. The van der Waals surface area contributed by atoms with E-state index in [1.807, 2.05) is 18.2 Å². The SMILES string of the molecule is CC(=C=C(c1ccccc1)c1ccc(Cl)cc1)CC(C)(C)C. The van der Waals surface area contributed by atoms with Gasteiger partial charge in [-0.15, -0.1) is 5.73 Å². The molecule has 0 heterocycles. The zero-order valence-corrected chi connectivity index (χ0v) is 14.5. The van der Waals surface area contributed by atoms with Crippen molar-refractivity contribution < 1.29 is 0 Å². The lowest BCUT2D eigenvalue weighted by Gasteiger charge is -2.17. The molecule has 0 saturated heterocycles. The quantitative estimate of drug-likeness (QED) is 0.550. The summed E-state index contributed by atoms with van der Waals surface area (Å²) in [7, 11) is 0. The number of allylic oxidation sites excluding steroid dienone is 1. The summed E-state index contributed by atoms with van der Waals surface area (Å²) in [5, 5.41) is 0.756. The Balaban J connectivity index is 2.56. The lowest BCUT2D eigenvalue weighted by atomic mass is 9.88. The molecule has 2 aromatic rings. The smallest absolute Gasteiger partial charge is 0.0406 e. The predicted molar refractivity (Wildman–Crippen MR) is 97.2 cm³/mol. The fraction of sp³-hybridized carbons (Fsp3) is 0.286. The zero-order valence-electron chi connectivity index (χ0n) is 13.8. The normalized spacial score (nSPS) is 11.0. The van der Waals surface area contributed by atoms with E-state index in [1.165, 1.54) is 11.1 Å². The van der Waals surface area contributed by atoms with Gasteiger partial charge in [-0.1, -0.05) is 74.8 Å².